The van der Waals surface area contributed by atoms with Crippen LogP contribution in [0.3, 0.4) is 0 Å². The molecular formula is C34H38N4O4. The molecule has 0 radical (unpaired) electrons. The van der Waals surface area contributed by atoms with Gasteiger partial charge >= 0.3 is 12.0 Å². The number of aromatic nitrogens is 1. The SMILES string of the molecule is CC(=O)c1cccc(NC(=O)Nc2ccc3[nH]cc(C4CCN5CCCC5C4)c3c2)c1.O=C(O)CCc1ccccc1. The van der Waals surface area contributed by atoms with E-state index in [1.54, 1.807) is 24.3 Å². The number of Topliss-reactive ketones (excluding diaryl/α,β-unsaturated/α-hetero) is 1. The third-order valence-corrected chi connectivity index (χ3v) is 8.23. The highest BCUT2D eigenvalue weighted by Gasteiger charge is 2.33. The first-order valence-electron chi connectivity index (χ1n) is 14.7. The zero-order valence-electron chi connectivity index (χ0n) is 23.9. The van der Waals surface area contributed by atoms with Gasteiger partial charge in [-0.25, -0.2) is 4.79 Å². The summed E-state index contributed by atoms with van der Waals surface area (Å²) in [6.45, 7) is 3.95. The Morgan fingerprint density at radius 1 is 0.929 bits per heavy atom. The van der Waals surface area contributed by atoms with Crippen molar-refractivity contribution in [2.75, 3.05) is 23.7 Å². The molecule has 0 bridgehead atoms. The third-order valence-electron chi connectivity index (χ3n) is 8.23. The maximum atomic E-state index is 12.5. The van der Waals surface area contributed by atoms with Gasteiger partial charge in [0.1, 0.15) is 0 Å². The lowest BCUT2D eigenvalue weighted by Crippen LogP contribution is -2.37. The first-order chi connectivity index (χ1) is 20.4. The number of anilines is 2. The van der Waals surface area contributed by atoms with Gasteiger partial charge in [-0.1, -0.05) is 42.5 Å². The number of carboxylic acid groups (broad SMARTS) is 1. The van der Waals surface area contributed by atoms with E-state index in [-0.39, 0.29) is 18.2 Å². The quantitative estimate of drug-likeness (QED) is 0.179. The summed E-state index contributed by atoms with van der Waals surface area (Å²) in [4.78, 5) is 40.3. The molecule has 1 aromatic heterocycles. The fourth-order valence-corrected chi connectivity index (χ4v) is 6.07. The van der Waals surface area contributed by atoms with Crippen molar-refractivity contribution >= 4 is 40.1 Å². The molecule has 4 aromatic rings. The largest absolute Gasteiger partial charge is 0.481 e. The average Bonchev–Trinajstić information content (AvgIpc) is 3.63. The normalized spacial score (nSPS) is 18.0. The van der Waals surface area contributed by atoms with Crippen molar-refractivity contribution in [3.05, 3.63) is 95.7 Å². The predicted octanol–water partition coefficient (Wildman–Crippen LogP) is 7.06. The molecule has 4 N–H and O–H groups in total. The number of aliphatic carboxylic acids is 1. The van der Waals surface area contributed by atoms with Gasteiger partial charge in [-0.05, 0) is 99.5 Å². The van der Waals surface area contributed by atoms with Crippen LogP contribution in [-0.4, -0.2) is 51.9 Å². The molecular weight excluding hydrogens is 528 g/mol. The van der Waals surface area contributed by atoms with Crippen LogP contribution in [0.1, 0.15) is 66.4 Å². The number of fused-ring (bicyclic) bond motifs is 2. The molecule has 2 atom stereocenters. The molecule has 42 heavy (non-hydrogen) atoms. The minimum Gasteiger partial charge on any atom is -0.481 e. The van der Waals surface area contributed by atoms with Crippen LogP contribution in [0.15, 0.2) is 79.0 Å². The van der Waals surface area contributed by atoms with Crippen molar-refractivity contribution in [3.63, 3.8) is 0 Å². The number of nitrogens with one attached hydrogen (secondary N) is 3. The van der Waals surface area contributed by atoms with E-state index in [0.717, 1.165) is 22.8 Å². The number of hydrogen-bond acceptors (Lipinski definition) is 4. The molecule has 2 unspecified atom stereocenters. The highest BCUT2D eigenvalue weighted by Crippen LogP contribution is 2.39. The Bertz CT molecular complexity index is 1550. The number of benzene rings is 3. The molecule has 2 fully saturated rings. The fraction of sp³-hybridized carbons (Fsp3) is 0.324. The molecule has 2 amide bonds. The van der Waals surface area contributed by atoms with Gasteiger partial charge in [0.2, 0.25) is 0 Å². The van der Waals surface area contributed by atoms with Crippen LogP contribution in [0.5, 0.6) is 0 Å². The second kappa shape index (κ2) is 13.5. The lowest BCUT2D eigenvalue weighted by Gasteiger charge is -2.34. The van der Waals surface area contributed by atoms with Crippen LogP contribution in [0.2, 0.25) is 0 Å². The van der Waals surface area contributed by atoms with Crippen molar-refractivity contribution in [1.82, 2.24) is 9.88 Å². The number of aromatic amines is 1. The van der Waals surface area contributed by atoms with Crippen molar-refractivity contribution in [2.45, 2.75) is 57.4 Å². The van der Waals surface area contributed by atoms with Gasteiger partial charge in [-0.3, -0.25) is 9.59 Å². The maximum absolute atomic E-state index is 12.5. The Balaban J connectivity index is 0.000000271. The second-order valence-corrected chi connectivity index (χ2v) is 11.2. The molecule has 2 aliphatic heterocycles. The van der Waals surface area contributed by atoms with Gasteiger partial charge in [0, 0.05) is 46.5 Å². The van der Waals surface area contributed by atoms with Gasteiger partial charge in [0.25, 0.3) is 0 Å². The molecule has 6 rings (SSSR count). The van der Waals surface area contributed by atoms with Crippen LogP contribution >= 0.6 is 0 Å². The highest BCUT2D eigenvalue weighted by molar-refractivity contribution is 6.02. The summed E-state index contributed by atoms with van der Waals surface area (Å²) < 4.78 is 0. The number of carbonyl (C=O) groups excluding carboxylic acids is 2. The number of carboxylic acids is 1. The van der Waals surface area contributed by atoms with E-state index >= 15 is 0 Å². The highest BCUT2D eigenvalue weighted by atomic mass is 16.4. The number of aryl methyl sites for hydroxylation is 1. The Morgan fingerprint density at radius 3 is 2.48 bits per heavy atom. The monoisotopic (exact) mass is 566 g/mol. The van der Waals surface area contributed by atoms with Gasteiger partial charge in [-0.2, -0.15) is 0 Å². The average molecular weight is 567 g/mol. The van der Waals surface area contributed by atoms with Crippen molar-refractivity contribution in [3.8, 4) is 0 Å². The van der Waals surface area contributed by atoms with Crippen molar-refractivity contribution in [1.29, 1.82) is 0 Å². The molecule has 8 heteroatoms. The summed E-state index contributed by atoms with van der Waals surface area (Å²) in [6, 6.07) is 23.0. The van der Waals surface area contributed by atoms with Gasteiger partial charge < -0.3 is 25.6 Å². The van der Waals surface area contributed by atoms with Crippen LogP contribution < -0.4 is 10.6 Å². The van der Waals surface area contributed by atoms with E-state index in [1.807, 2.05) is 42.5 Å². The molecule has 0 aliphatic carbocycles. The van der Waals surface area contributed by atoms with Crippen LogP contribution in [0.25, 0.3) is 10.9 Å². The number of ketones is 1. The summed E-state index contributed by atoms with van der Waals surface area (Å²) in [5.74, 6) is -0.210. The van der Waals surface area contributed by atoms with Crippen LogP contribution in [0.4, 0.5) is 16.2 Å². The fourth-order valence-electron chi connectivity index (χ4n) is 6.07. The van der Waals surface area contributed by atoms with E-state index < -0.39 is 5.97 Å². The van der Waals surface area contributed by atoms with Crippen LogP contribution in [-0.2, 0) is 11.2 Å². The summed E-state index contributed by atoms with van der Waals surface area (Å²) in [5, 5.41) is 15.3. The second-order valence-electron chi connectivity index (χ2n) is 11.2. The maximum Gasteiger partial charge on any atom is 0.323 e. The number of amides is 2. The lowest BCUT2D eigenvalue weighted by molar-refractivity contribution is -0.136. The summed E-state index contributed by atoms with van der Waals surface area (Å²) in [6.07, 6.45) is 8.03. The molecule has 0 saturated carbocycles. The first kappa shape index (κ1) is 29.1. The number of urea groups is 1. The molecule has 0 spiro atoms. The first-order valence-corrected chi connectivity index (χ1v) is 14.7. The van der Waals surface area contributed by atoms with E-state index in [0.29, 0.717) is 23.6 Å². The Labute approximate surface area is 246 Å². The molecule has 218 valence electrons. The third kappa shape index (κ3) is 7.44. The van der Waals surface area contributed by atoms with E-state index in [2.05, 4.69) is 32.8 Å². The number of H-pyrrole nitrogens is 1. The van der Waals surface area contributed by atoms with Gasteiger partial charge in [0.05, 0.1) is 0 Å². The molecule has 2 aliphatic rings. The lowest BCUT2D eigenvalue weighted by atomic mass is 9.85. The Morgan fingerprint density at radius 2 is 1.71 bits per heavy atom. The smallest absolute Gasteiger partial charge is 0.323 e. The topological polar surface area (TPSA) is 115 Å². The number of piperidine rings is 1. The number of rotatable bonds is 7. The zero-order valence-corrected chi connectivity index (χ0v) is 23.9. The molecule has 3 heterocycles. The number of carbonyl (C=O) groups is 3. The molecule has 2 saturated heterocycles. The number of hydrogen-bond donors (Lipinski definition) is 4. The van der Waals surface area contributed by atoms with Gasteiger partial charge in [-0.15, -0.1) is 0 Å². The summed E-state index contributed by atoms with van der Waals surface area (Å²) >= 11 is 0. The van der Waals surface area contributed by atoms with E-state index in [4.69, 9.17) is 5.11 Å². The zero-order chi connectivity index (χ0) is 29.5. The van der Waals surface area contributed by atoms with Gasteiger partial charge in [0.15, 0.2) is 5.78 Å². The Kier molecular flexibility index (Phi) is 9.34. The molecule has 3 aromatic carbocycles. The minimum atomic E-state index is -0.742. The van der Waals surface area contributed by atoms with Crippen molar-refractivity contribution in [2.24, 2.45) is 0 Å². The van der Waals surface area contributed by atoms with Crippen molar-refractivity contribution < 1.29 is 19.5 Å². The standard InChI is InChI=1S/C25H28N4O2.C9H10O2/c1-16(30)17-4-2-5-19(12-17)27-25(31)28-20-7-8-24-22(14-20)23(15-26-24)18-9-11-29-10-3-6-21(29)13-18;10-9(11)7-6-8-4-2-1-3-5-8/h2,4-5,7-8,12,14-15,18,21,26H,3,6,9-11,13H2,1H3,(H2,27,28,31);1-5H,6-7H2,(H,10,11). The van der Waals surface area contributed by atoms with E-state index in [1.165, 1.54) is 56.6 Å². The summed E-state index contributed by atoms with van der Waals surface area (Å²) in [7, 11) is 0. The summed E-state index contributed by atoms with van der Waals surface area (Å²) in [5.41, 5.74) is 5.46. The Hall–Kier alpha value is -4.43. The van der Waals surface area contributed by atoms with E-state index in [9.17, 15) is 14.4 Å². The number of nitrogens with zero attached hydrogens (tertiary/aromatic N) is 1. The minimum absolute atomic E-state index is 0.0297. The van der Waals surface area contributed by atoms with Crippen LogP contribution in [0, 0.1) is 0 Å². The molecule has 8 nitrogen and oxygen atoms in total. The predicted molar refractivity (Wildman–Crippen MR) is 166 cm³/mol.